The quantitative estimate of drug-likeness (QED) is 0.583. The van der Waals surface area contributed by atoms with Gasteiger partial charge in [-0.1, -0.05) is 17.7 Å². The Labute approximate surface area is 139 Å². The first-order valence-corrected chi connectivity index (χ1v) is 6.93. The largest absolute Gasteiger partial charge is 0.417 e. The van der Waals surface area contributed by atoms with E-state index in [0.717, 1.165) is 18.2 Å². The number of carbonyl (C=O) groups is 2. The number of H-pyrrole nitrogens is 1. The lowest BCUT2D eigenvalue weighted by Crippen LogP contribution is -2.40. The first kappa shape index (κ1) is 17.6. The zero-order valence-electron chi connectivity index (χ0n) is 11.9. The van der Waals surface area contributed by atoms with E-state index >= 15 is 0 Å². The van der Waals surface area contributed by atoms with Crippen molar-refractivity contribution in [2.45, 2.75) is 6.18 Å². The van der Waals surface area contributed by atoms with Crippen LogP contribution in [0.4, 0.5) is 13.2 Å². The van der Waals surface area contributed by atoms with Crippen LogP contribution in [0, 0.1) is 0 Å². The highest BCUT2D eigenvalue weighted by Crippen LogP contribution is 2.35. The molecule has 0 radical (unpaired) electrons. The third-order valence-corrected chi connectivity index (χ3v) is 3.19. The fourth-order valence-corrected chi connectivity index (χ4v) is 1.96. The van der Waals surface area contributed by atoms with Crippen LogP contribution in [0.2, 0.25) is 5.02 Å². The molecule has 1 aromatic carbocycles. The highest BCUT2D eigenvalue weighted by molar-refractivity contribution is 6.31. The number of nitrogens with one attached hydrogen (secondary N) is 3. The molecule has 2 rings (SSSR count). The first-order chi connectivity index (χ1) is 11.3. The van der Waals surface area contributed by atoms with Crippen LogP contribution in [0.25, 0.3) is 6.08 Å². The number of alkyl halides is 3. The Balaban J connectivity index is 1.98. The fraction of sp³-hybridized carbons (Fsp3) is 0.0667. The minimum atomic E-state index is -4.59. The number of aromatic nitrogens is 1. The number of amides is 2. The van der Waals surface area contributed by atoms with Gasteiger partial charge in [0.2, 0.25) is 0 Å². The molecular formula is C15H11ClF3N3O2. The number of hydrazine groups is 1. The molecule has 3 N–H and O–H groups in total. The van der Waals surface area contributed by atoms with Gasteiger partial charge in [0.1, 0.15) is 5.69 Å². The van der Waals surface area contributed by atoms with Crippen molar-refractivity contribution in [1.29, 1.82) is 0 Å². The third-order valence-electron chi connectivity index (χ3n) is 2.86. The van der Waals surface area contributed by atoms with E-state index < -0.39 is 28.6 Å². The highest BCUT2D eigenvalue weighted by Gasteiger charge is 2.33. The minimum absolute atomic E-state index is 0.137. The third kappa shape index (κ3) is 4.63. The molecule has 0 aliphatic heterocycles. The van der Waals surface area contributed by atoms with Crippen molar-refractivity contribution in [1.82, 2.24) is 15.8 Å². The Kier molecular flexibility index (Phi) is 5.30. The normalized spacial score (nSPS) is 11.5. The van der Waals surface area contributed by atoms with E-state index in [0.29, 0.717) is 0 Å². The topological polar surface area (TPSA) is 74.0 Å². The standard InChI is InChI=1S/C15H11ClF3N3O2/c16-11-5-3-9(8-10(11)15(17,18)19)4-6-13(23)21-22-14(24)12-2-1-7-20-12/h1-8,20H,(H,21,23)(H,22,24)/b6-4+. The number of rotatable bonds is 3. The summed E-state index contributed by atoms with van der Waals surface area (Å²) in [4.78, 5) is 25.8. The van der Waals surface area contributed by atoms with Crippen LogP contribution in [0.5, 0.6) is 0 Å². The molecule has 126 valence electrons. The summed E-state index contributed by atoms with van der Waals surface area (Å²) in [6.07, 6.45) is -0.900. The van der Waals surface area contributed by atoms with Crippen molar-refractivity contribution in [3.8, 4) is 0 Å². The van der Waals surface area contributed by atoms with Crippen LogP contribution in [-0.2, 0) is 11.0 Å². The summed E-state index contributed by atoms with van der Waals surface area (Å²) >= 11 is 5.50. The van der Waals surface area contributed by atoms with Crippen LogP contribution in [-0.4, -0.2) is 16.8 Å². The number of hydrogen-bond donors (Lipinski definition) is 3. The highest BCUT2D eigenvalue weighted by atomic mass is 35.5. The Morgan fingerprint density at radius 3 is 2.54 bits per heavy atom. The molecule has 1 heterocycles. The number of hydrogen-bond acceptors (Lipinski definition) is 2. The molecule has 0 aliphatic rings. The predicted octanol–water partition coefficient (Wildman–Crippen LogP) is 3.16. The molecule has 0 saturated carbocycles. The van der Waals surface area contributed by atoms with Crippen molar-refractivity contribution < 1.29 is 22.8 Å². The summed E-state index contributed by atoms with van der Waals surface area (Å²) in [5.41, 5.74) is 3.63. The molecule has 9 heteroatoms. The molecule has 0 fully saturated rings. The van der Waals surface area contributed by atoms with E-state index in [-0.39, 0.29) is 11.3 Å². The maximum absolute atomic E-state index is 12.7. The van der Waals surface area contributed by atoms with Crippen molar-refractivity contribution in [3.05, 3.63) is 64.4 Å². The minimum Gasteiger partial charge on any atom is -0.357 e. The summed E-state index contributed by atoms with van der Waals surface area (Å²) in [6, 6.07) is 6.36. The van der Waals surface area contributed by atoms with Gasteiger partial charge in [0, 0.05) is 12.3 Å². The monoisotopic (exact) mass is 357 g/mol. The lowest BCUT2D eigenvalue weighted by atomic mass is 10.1. The summed E-state index contributed by atoms with van der Waals surface area (Å²) in [6.45, 7) is 0. The zero-order chi connectivity index (χ0) is 17.7. The van der Waals surface area contributed by atoms with Crippen molar-refractivity contribution in [2.75, 3.05) is 0 Å². The van der Waals surface area contributed by atoms with E-state index in [9.17, 15) is 22.8 Å². The van der Waals surface area contributed by atoms with E-state index in [4.69, 9.17) is 11.6 Å². The molecule has 0 atom stereocenters. The predicted molar refractivity (Wildman–Crippen MR) is 81.9 cm³/mol. The maximum atomic E-state index is 12.7. The zero-order valence-corrected chi connectivity index (χ0v) is 12.7. The average molecular weight is 358 g/mol. The van der Waals surface area contributed by atoms with Crippen LogP contribution >= 0.6 is 11.6 Å². The Bertz CT molecular complexity index is 771. The Morgan fingerprint density at radius 2 is 1.92 bits per heavy atom. The summed E-state index contributed by atoms with van der Waals surface area (Å²) < 4.78 is 38.2. The van der Waals surface area contributed by atoms with Crippen molar-refractivity contribution in [2.24, 2.45) is 0 Å². The van der Waals surface area contributed by atoms with Crippen LogP contribution < -0.4 is 10.9 Å². The molecule has 2 aromatic rings. The molecule has 0 aliphatic carbocycles. The number of aromatic amines is 1. The van der Waals surface area contributed by atoms with Crippen LogP contribution in [0.1, 0.15) is 21.6 Å². The van der Waals surface area contributed by atoms with Gasteiger partial charge in [-0.15, -0.1) is 0 Å². The van der Waals surface area contributed by atoms with Gasteiger partial charge in [-0.25, -0.2) is 0 Å². The molecule has 2 amide bonds. The van der Waals surface area contributed by atoms with Crippen molar-refractivity contribution >= 4 is 29.5 Å². The van der Waals surface area contributed by atoms with Crippen LogP contribution in [0.15, 0.2) is 42.6 Å². The second kappa shape index (κ2) is 7.22. The van der Waals surface area contributed by atoms with Crippen LogP contribution in [0.3, 0.4) is 0 Å². The van der Waals surface area contributed by atoms with Gasteiger partial charge in [0.15, 0.2) is 0 Å². The smallest absolute Gasteiger partial charge is 0.357 e. The van der Waals surface area contributed by atoms with Gasteiger partial charge >= 0.3 is 6.18 Å². The number of halogens is 4. The lowest BCUT2D eigenvalue weighted by Gasteiger charge is -2.09. The summed E-state index contributed by atoms with van der Waals surface area (Å²) in [7, 11) is 0. The number of carbonyl (C=O) groups excluding carboxylic acids is 2. The SMILES string of the molecule is O=C(/C=C/c1ccc(Cl)c(C(F)(F)F)c1)NNC(=O)c1ccc[nH]1. The first-order valence-electron chi connectivity index (χ1n) is 6.56. The van der Waals surface area contributed by atoms with E-state index in [1.165, 1.54) is 24.4 Å². The Morgan fingerprint density at radius 1 is 1.17 bits per heavy atom. The van der Waals surface area contributed by atoms with Gasteiger partial charge in [-0.2, -0.15) is 13.2 Å². The van der Waals surface area contributed by atoms with Gasteiger partial charge in [-0.05, 0) is 35.9 Å². The Hall–Kier alpha value is -2.74. The number of benzene rings is 1. The van der Waals surface area contributed by atoms with E-state index in [1.807, 2.05) is 0 Å². The van der Waals surface area contributed by atoms with Gasteiger partial charge in [0.25, 0.3) is 11.8 Å². The van der Waals surface area contributed by atoms with Gasteiger partial charge < -0.3 is 4.98 Å². The summed E-state index contributed by atoms with van der Waals surface area (Å²) in [5, 5.41) is -0.428. The molecule has 0 unspecified atom stereocenters. The van der Waals surface area contributed by atoms with Gasteiger partial charge in [-0.3, -0.25) is 20.4 Å². The summed E-state index contributed by atoms with van der Waals surface area (Å²) in [5.74, 6) is -1.27. The van der Waals surface area contributed by atoms with Crippen molar-refractivity contribution in [3.63, 3.8) is 0 Å². The molecule has 24 heavy (non-hydrogen) atoms. The van der Waals surface area contributed by atoms with E-state index in [1.54, 1.807) is 6.07 Å². The second-order valence-electron chi connectivity index (χ2n) is 4.60. The average Bonchev–Trinajstić information content (AvgIpc) is 3.05. The van der Waals surface area contributed by atoms with Gasteiger partial charge in [0.05, 0.1) is 10.6 Å². The molecule has 5 nitrogen and oxygen atoms in total. The second-order valence-corrected chi connectivity index (χ2v) is 5.00. The fourth-order valence-electron chi connectivity index (χ4n) is 1.73. The molecule has 0 bridgehead atoms. The lowest BCUT2D eigenvalue weighted by molar-refractivity contribution is -0.137. The maximum Gasteiger partial charge on any atom is 0.417 e. The molecule has 1 aromatic heterocycles. The molecule has 0 spiro atoms. The van der Waals surface area contributed by atoms with E-state index in [2.05, 4.69) is 15.8 Å². The molecular weight excluding hydrogens is 347 g/mol. The molecule has 0 saturated heterocycles.